The molecule has 0 aromatic carbocycles. The summed E-state index contributed by atoms with van der Waals surface area (Å²) in [5.74, 6) is 5.88. The lowest BCUT2D eigenvalue weighted by atomic mass is 10.1. The van der Waals surface area contributed by atoms with Gasteiger partial charge in [0.15, 0.2) is 0 Å². The highest BCUT2D eigenvalue weighted by Crippen LogP contribution is 2.19. The van der Waals surface area contributed by atoms with Crippen LogP contribution in [-0.2, 0) is 0 Å². The lowest BCUT2D eigenvalue weighted by Gasteiger charge is -2.04. The van der Waals surface area contributed by atoms with E-state index in [4.69, 9.17) is 11.6 Å². The zero-order valence-electron chi connectivity index (χ0n) is 7.38. The quantitative estimate of drug-likeness (QED) is 0.310. The number of allylic oxidation sites excluding steroid dienone is 2. The highest BCUT2D eigenvalue weighted by atomic mass is 15.2. The average Bonchev–Trinajstić information content (AvgIpc) is 2.51. The topological polar surface area (TPSA) is 79.9 Å². The SMILES string of the molecule is C=C/C=C(/CNN)c1cc[nH]c1N. The highest BCUT2D eigenvalue weighted by Gasteiger charge is 2.04. The van der Waals surface area contributed by atoms with Crippen LogP contribution >= 0.6 is 0 Å². The lowest BCUT2D eigenvalue weighted by Crippen LogP contribution is -2.23. The van der Waals surface area contributed by atoms with Crippen LogP contribution in [0.4, 0.5) is 5.82 Å². The number of H-pyrrole nitrogens is 1. The van der Waals surface area contributed by atoms with E-state index >= 15 is 0 Å². The van der Waals surface area contributed by atoms with E-state index in [2.05, 4.69) is 17.0 Å². The van der Waals surface area contributed by atoms with Crippen LogP contribution < -0.4 is 17.0 Å². The van der Waals surface area contributed by atoms with Crippen molar-refractivity contribution in [3.05, 3.63) is 36.6 Å². The van der Waals surface area contributed by atoms with Crippen LogP contribution in [0, 0.1) is 0 Å². The molecule has 0 bridgehead atoms. The van der Waals surface area contributed by atoms with Crippen molar-refractivity contribution in [3.8, 4) is 0 Å². The number of nitrogens with two attached hydrogens (primary N) is 2. The second kappa shape index (κ2) is 4.49. The molecule has 0 radical (unpaired) electrons. The summed E-state index contributed by atoms with van der Waals surface area (Å²) in [5, 5.41) is 0. The van der Waals surface area contributed by atoms with Crippen molar-refractivity contribution in [2.45, 2.75) is 0 Å². The fourth-order valence-corrected chi connectivity index (χ4v) is 1.16. The second-order valence-electron chi connectivity index (χ2n) is 2.61. The summed E-state index contributed by atoms with van der Waals surface area (Å²) in [7, 11) is 0. The molecule has 0 fully saturated rings. The largest absolute Gasteiger partial charge is 0.385 e. The third-order valence-corrected chi connectivity index (χ3v) is 1.74. The molecule has 1 heterocycles. The fourth-order valence-electron chi connectivity index (χ4n) is 1.16. The maximum absolute atomic E-state index is 5.70. The van der Waals surface area contributed by atoms with E-state index in [9.17, 15) is 0 Å². The predicted octanol–water partition coefficient (Wildman–Crippen LogP) is 0.630. The van der Waals surface area contributed by atoms with Gasteiger partial charge in [-0.2, -0.15) is 0 Å². The van der Waals surface area contributed by atoms with Gasteiger partial charge in [0, 0.05) is 18.3 Å². The fraction of sp³-hybridized carbons (Fsp3) is 0.111. The number of nitrogens with one attached hydrogen (secondary N) is 2. The summed E-state index contributed by atoms with van der Waals surface area (Å²) in [5.41, 5.74) is 10.3. The molecule has 6 N–H and O–H groups in total. The molecule has 4 nitrogen and oxygen atoms in total. The maximum atomic E-state index is 5.70. The second-order valence-corrected chi connectivity index (χ2v) is 2.61. The van der Waals surface area contributed by atoms with E-state index in [1.54, 1.807) is 12.3 Å². The van der Waals surface area contributed by atoms with Crippen molar-refractivity contribution in [1.29, 1.82) is 0 Å². The first-order valence-corrected chi connectivity index (χ1v) is 3.98. The van der Waals surface area contributed by atoms with Gasteiger partial charge >= 0.3 is 0 Å². The standard InChI is InChI=1S/C9H14N4/c1-2-3-7(6-13-11)8-4-5-12-9(8)10/h2-5,12-13H,1,6,10-11H2/b7-3-. The Morgan fingerprint density at radius 3 is 2.92 bits per heavy atom. The normalized spacial score (nSPS) is 11.6. The van der Waals surface area contributed by atoms with Crippen LogP contribution in [-0.4, -0.2) is 11.5 Å². The molecule has 70 valence electrons. The summed E-state index contributed by atoms with van der Waals surface area (Å²) < 4.78 is 0. The Kier molecular flexibility index (Phi) is 3.31. The van der Waals surface area contributed by atoms with Crippen molar-refractivity contribution < 1.29 is 0 Å². The summed E-state index contributed by atoms with van der Waals surface area (Å²) in [6.07, 6.45) is 5.37. The van der Waals surface area contributed by atoms with Gasteiger partial charge in [-0.05, 0) is 11.6 Å². The van der Waals surface area contributed by atoms with Gasteiger partial charge < -0.3 is 10.7 Å². The Morgan fingerprint density at radius 2 is 2.46 bits per heavy atom. The predicted molar refractivity (Wildman–Crippen MR) is 55.6 cm³/mol. The van der Waals surface area contributed by atoms with Crippen LogP contribution in [0.1, 0.15) is 5.56 Å². The molecule has 0 amide bonds. The summed E-state index contributed by atoms with van der Waals surface area (Å²) >= 11 is 0. The van der Waals surface area contributed by atoms with E-state index in [1.165, 1.54) is 0 Å². The van der Waals surface area contributed by atoms with Crippen molar-refractivity contribution in [1.82, 2.24) is 10.4 Å². The van der Waals surface area contributed by atoms with Crippen LogP contribution in [0.2, 0.25) is 0 Å². The minimum atomic E-state index is 0.564. The van der Waals surface area contributed by atoms with Crippen molar-refractivity contribution >= 4 is 11.4 Å². The third-order valence-electron chi connectivity index (χ3n) is 1.74. The molecule has 0 spiro atoms. The van der Waals surface area contributed by atoms with E-state index < -0.39 is 0 Å². The number of hydrazine groups is 1. The lowest BCUT2D eigenvalue weighted by molar-refractivity contribution is 0.833. The smallest absolute Gasteiger partial charge is 0.108 e. The third kappa shape index (κ3) is 2.21. The van der Waals surface area contributed by atoms with Gasteiger partial charge in [-0.3, -0.25) is 11.3 Å². The molecule has 1 aromatic heterocycles. The van der Waals surface area contributed by atoms with Gasteiger partial charge in [0.05, 0.1) is 0 Å². The number of nitrogen functional groups attached to an aromatic ring is 1. The van der Waals surface area contributed by atoms with Crippen molar-refractivity contribution in [2.24, 2.45) is 5.84 Å². The Hall–Kier alpha value is -1.52. The van der Waals surface area contributed by atoms with E-state index in [1.807, 2.05) is 12.1 Å². The molecular weight excluding hydrogens is 164 g/mol. The van der Waals surface area contributed by atoms with Crippen LogP contribution in [0.25, 0.3) is 5.57 Å². The number of rotatable bonds is 4. The first kappa shape index (κ1) is 9.57. The Balaban J connectivity index is 2.95. The molecule has 4 heteroatoms. The van der Waals surface area contributed by atoms with E-state index in [0.29, 0.717) is 12.4 Å². The molecular formula is C9H14N4. The van der Waals surface area contributed by atoms with Crippen molar-refractivity contribution in [2.75, 3.05) is 12.3 Å². The molecule has 0 saturated carbocycles. The Labute approximate surface area is 77.3 Å². The number of aromatic nitrogens is 1. The summed E-state index contributed by atoms with van der Waals surface area (Å²) in [4.78, 5) is 2.90. The number of anilines is 1. The monoisotopic (exact) mass is 178 g/mol. The minimum absolute atomic E-state index is 0.564. The van der Waals surface area contributed by atoms with Crippen LogP contribution in [0.5, 0.6) is 0 Å². The number of hydrogen-bond donors (Lipinski definition) is 4. The zero-order chi connectivity index (χ0) is 9.68. The average molecular weight is 178 g/mol. The number of aromatic amines is 1. The minimum Gasteiger partial charge on any atom is -0.385 e. The summed E-state index contributed by atoms with van der Waals surface area (Å²) in [6.45, 7) is 4.19. The van der Waals surface area contributed by atoms with E-state index in [-0.39, 0.29) is 0 Å². The van der Waals surface area contributed by atoms with Crippen LogP contribution in [0.15, 0.2) is 31.0 Å². The van der Waals surface area contributed by atoms with Gasteiger partial charge in [0.1, 0.15) is 5.82 Å². The molecule has 1 aromatic rings. The molecule has 0 saturated heterocycles. The molecule has 0 aliphatic rings. The molecule has 13 heavy (non-hydrogen) atoms. The summed E-state index contributed by atoms with van der Waals surface area (Å²) in [6, 6.07) is 1.90. The molecule has 0 aliphatic heterocycles. The maximum Gasteiger partial charge on any atom is 0.108 e. The first-order valence-electron chi connectivity index (χ1n) is 3.98. The van der Waals surface area contributed by atoms with Gasteiger partial charge in [0.2, 0.25) is 0 Å². The molecule has 0 aliphatic carbocycles. The number of hydrogen-bond acceptors (Lipinski definition) is 3. The first-order chi connectivity index (χ1) is 6.29. The Morgan fingerprint density at radius 1 is 1.69 bits per heavy atom. The van der Waals surface area contributed by atoms with E-state index in [0.717, 1.165) is 11.1 Å². The Bertz CT molecular complexity index is 311. The molecule has 0 unspecified atom stereocenters. The van der Waals surface area contributed by atoms with Gasteiger partial charge in [0.25, 0.3) is 0 Å². The highest BCUT2D eigenvalue weighted by molar-refractivity contribution is 5.75. The van der Waals surface area contributed by atoms with Gasteiger partial charge in [-0.25, -0.2) is 0 Å². The zero-order valence-corrected chi connectivity index (χ0v) is 7.38. The van der Waals surface area contributed by atoms with Gasteiger partial charge in [-0.1, -0.05) is 18.7 Å². The van der Waals surface area contributed by atoms with Gasteiger partial charge in [-0.15, -0.1) is 0 Å². The van der Waals surface area contributed by atoms with Crippen LogP contribution in [0.3, 0.4) is 0 Å². The van der Waals surface area contributed by atoms with Crippen molar-refractivity contribution in [3.63, 3.8) is 0 Å². The molecule has 0 atom stereocenters. The molecule has 1 rings (SSSR count).